The minimum atomic E-state index is -0.0655. The van der Waals surface area contributed by atoms with Crippen LogP contribution >= 0.6 is 11.6 Å². The Hall–Kier alpha value is -0.890. The third-order valence-electron chi connectivity index (χ3n) is 2.79. The number of aromatic nitrogens is 1. The Morgan fingerprint density at radius 3 is 2.93 bits per heavy atom. The zero-order valence-electron chi connectivity index (χ0n) is 8.09. The van der Waals surface area contributed by atoms with Gasteiger partial charge in [-0.25, -0.2) is 0 Å². The van der Waals surface area contributed by atoms with Crippen LogP contribution in [-0.4, -0.2) is 10.8 Å². The molecule has 14 heavy (non-hydrogen) atoms. The van der Waals surface area contributed by atoms with Gasteiger partial charge in [-0.3, -0.25) is 9.78 Å². The van der Waals surface area contributed by atoms with Gasteiger partial charge in [0.2, 0.25) is 0 Å². The van der Waals surface area contributed by atoms with Crippen molar-refractivity contribution in [3.8, 4) is 0 Å². The number of hydrogen-bond acceptors (Lipinski definition) is 2. The smallest absolute Gasteiger partial charge is 0.144 e. The van der Waals surface area contributed by atoms with E-state index in [0.717, 1.165) is 18.5 Å². The molecule has 1 aromatic rings. The Morgan fingerprint density at radius 2 is 2.36 bits per heavy atom. The molecule has 0 atom stereocenters. The molecule has 0 radical (unpaired) electrons. The van der Waals surface area contributed by atoms with Gasteiger partial charge in [-0.05, 0) is 25.0 Å². The minimum absolute atomic E-state index is 0.0655. The Labute approximate surface area is 88.3 Å². The van der Waals surface area contributed by atoms with Gasteiger partial charge < -0.3 is 0 Å². The average Bonchev–Trinajstić information content (AvgIpc) is 2.85. The molecule has 1 aliphatic carbocycles. The Morgan fingerprint density at radius 1 is 1.64 bits per heavy atom. The maximum atomic E-state index is 11.7. The molecule has 0 bridgehead atoms. The number of ketones is 1. The van der Waals surface area contributed by atoms with Crippen molar-refractivity contribution in [3.05, 3.63) is 29.0 Å². The van der Waals surface area contributed by atoms with Gasteiger partial charge >= 0.3 is 0 Å². The zero-order valence-corrected chi connectivity index (χ0v) is 8.84. The number of hydrogen-bond donors (Lipinski definition) is 0. The van der Waals surface area contributed by atoms with Crippen LogP contribution in [0.15, 0.2) is 18.3 Å². The van der Waals surface area contributed by atoms with E-state index in [4.69, 9.17) is 11.6 Å². The van der Waals surface area contributed by atoms with Gasteiger partial charge in [-0.15, -0.1) is 0 Å². The van der Waals surface area contributed by atoms with E-state index in [-0.39, 0.29) is 11.2 Å². The zero-order chi connectivity index (χ0) is 10.2. The SMILES string of the molecule is CC1(C(=O)Cc2cc(Cl)ccn2)CC1. The highest BCUT2D eigenvalue weighted by atomic mass is 35.5. The highest BCUT2D eigenvalue weighted by molar-refractivity contribution is 6.30. The van der Waals surface area contributed by atoms with E-state index in [0.29, 0.717) is 11.4 Å². The van der Waals surface area contributed by atoms with Gasteiger partial charge in [0.05, 0.1) is 0 Å². The molecule has 74 valence electrons. The van der Waals surface area contributed by atoms with Crippen molar-refractivity contribution in [2.75, 3.05) is 0 Å². The van der Waals surface area contributed by atoms with Gasteiger partial charge in [0.15, 0.2) is 0 Å². The maximum absolute atomic E-state index is 11.7. The number of pyridine rings is 1. The van der Waals surface area contributed by atoms with Crippen LogP contribution in [0, 0.1) is 5.41 Å². The summed E-state index contributed by atoms with van der Waals surface area (Å²) in [6.45, 7) is 2.01. The van der Waals surface area contributed by atoms with Gasteiger partial charge in [0.25, 0.3) is 0 Å². The van der Waals surface area contributed by atoms with E-state index in [9.17, 15) is 4.79 Å². The fraction of sp³-hybridized carbons (Fsp3) is 0.455. The topological polar surface area (TPSA) is 30.0 Å². The van der Waals surface area contributed by atoms with Crippen LogP contribution in [0.5, 0.6) is 0 Å². The molecule has 0 unspecified atom stereocenters. The Balaban J connectivity index is 2.07. The van der Waals surface area contributed by atoms with E-state index < -0.39 is 0 Å². The van der Waals surface area contributed by atoms with E-state index >= 15 is 0 Å². The number of rotatable bonds is 3. The number of carbonyl (C=O) groups excluding carboxylic acids is 1. The van der Waals surface area contributed by atoms with Crippen LogP contribution in [0.4, 0.5) is 0 Å². The molecule has 0 N–H and O–H groups in total. The first-order chi connectivity index (χ1) is 6.60. The highest BCUT2D eigenvalue weighted by Crippen LogP contribution is 2.46. The quantitative estimate of drug-likeness (QED) is 0.766. The third kappa shape index (κ3) is 1.95. The first kappa shape index (κ1) is 9.66. The Bertz CT molecular complexity index is 371. The lowest BCUT2D eigenvalue weighted by Gasteiger charge is -2.06. The lowest BCUT2D eigenvalue weighted by Crippen LogP contribution is -2.15. The molecule has 1 heterocycles. The summed E-state index contributed by atoms with van der Waals surface area (Å²) >= 11 is 5.81. The molecular formula is C11H12ClNO. The van der Waals surface area contributed by atoms with E-state index in [2.05, 4.69) is 4.98 Å². The van der Waals surface area contributed by atoms with Crippen LogP contribution in [0.2, 0.25) is 5.02 Å². The van der Waals surface area contributed by atoms with Crippen LogP contribution in [0.25, 0.3) is 0 Å². The molecule has 0 aliphatic heterocycles. The standard InChI is InChI=1S/C11H12ClNO/c1-11(3-4-11)10(14)7-9-6-8(12)2-5-13-9/h2,5-6H,3-4,7H2,1H3. The van der Waals surface area contributed by atoms with Crippen LogP contribution in [0.3, 0.4) is 0 Å². The van der Waals surface area contributed by atoms with Gasteiger partial charge in [-0.2, -0.15) is 0 Å². The summed E-state index contributed by atoms with van der Waals surface area (Å²) in [7, 11) is 0. The van der Waals surface area contributed by atoms with Crippen molar-refractivity contribution >= 4 is 17.4 Å². The normalized spacial score (nSPS) is 17.9. The molecule has 1 aromatic heterocycles. The second-order valence-corrected chi connectivity index (χ2v) is 4.56. The van der Waals surface area contributed by atoms with Crippen molar-refractivity contribution in [2.24, 2.45) is 5.41 Å². The predicted molar refractivity (Wildman–Crippen MR) is 55.3 cm³/mol. The molecular weight excluding hydrogens is 198 g/mol. The summed E-state index contributed by atoms with van der Waals surface area (Å²) in [5, 5.41) is 0.642. The molecule has 2 rings (SSSR count). The first-order valence-corrected chi connectivity index (χ1v) is 5.12. The molecule has 1 saturated carbocycles. The molecule has 1 fully saturated rings. The minimum Gasteiger partial charge on any atom is -0.299 e. The number of nitrogens with zero attached hydrogens (tertiary/aromatic N) is 1. The molecule has 0 amide bonds. The third-order valence-corrected chi connectivity index (χ3v) is 3.03. The van der Waals surface area contributed by atoms with Crippen molar-refractivity contribution in [3.63, 3.8) is 0 Å². The first-order valence-electron chi connectivity index (χ1n) is 4.74. The lowest BCUT2D eigenvalue weighted by atomic mass is 9.99. The number of Topliss-reactive ketones (excluding diaryl/α,β-unsaturated/α-hetero) is 1. The molecule has 3 heteroatoms. The van der Waals surface area contributed by atoms with E-state index in [1.807, 2.05) is 6.92 Å². The second-order valence-electron chi connectivity index (χ2n) is 4.13. The largest absolute Gasteiger partial charge is 0.299 e. The molecule has 0 saturated heterocycles. The highest BCUT2D eigenvalue weighted by Gasteiger charge is 2.44. The van der Waals surface area contributed by atoms with Gasteiger partial charge in [0.1, 0.15) is 5.78 Å². The van der Waals surface area contributed by atoms with Crippen molar-refractivity contribution < 1.29 is 4.79 Å². The van der Waals surface area contributed by atoms with Crippen molar-refractivity contribution in [2.45, 2.75) is 26.2 Å². The molecule has 1 aliphatic rings. The summed E-state index contributed by atoms with van der Waals surface area (Å²) in [5.41, 5.74) is 0.708. The monoisotopic (exact) mass is 209 g/mol. The fourth-order valence-electron chi connectivity index (χ4n) is 1.39. The molecule has 0 spiro atoms. The number of carbonyl (C=O) groups is 1. The van der Waals surface area contributed by atoms with Crippen molar-refractivity contribution in [1.82, 2.24) is 4.98 Å². The molecule has 0 aromatic carbocycles. The van der Waals surface area contributed by atoms with Crippen LogP contribution < -0.4 is 0 Å². The second kappa shape index (κ2) is 3.35. The Kier molecular flexibility index (Phi) is 2.31. The van der Waals surface area contributed by atoms with Crippen LogP contribution in [-0.2, 0) is 11.2 Å². The summed E-state index contributed by atoms with van der Waals surface area (Å²) in [5.74, 6) is 0.285. The summed E-state index contributed by atoms with van der Waals surface area (Å²) < 4.78 is 0. The van der Waals surface area contributed by atoms with Crippen molar-refractivity contribution in [1.29, 1.82) is 0 Å². The van der Waals surface area contributed by atoms with E-state index in [1.165, 1.54) is 0 Å². The fourth-order valence-corrected chi connectivity index (χ4v) is 1.57. The predicted octanol–water partition coefficient (Wildman–Crippen LogP) is 2.65. The lowest BCUT2D eigenvalue weighted by molar-refractivity contribution is -0.122. The van der Waals surface area contributed by atoms with Gasteiger partial charge in [-0.1, -0.05) is 18.5 Å². The summed E-state index contributed by atoms with van der Waals surface area (Å²) in [4.78, 5) is 15.8. The number of halogens is 1. The summed E-state index contributed by atoms with van der Waals surface area (Å²) in [6, 6.07) is 3.47. The van der Waals surface area contributed by atoms with Gasteiger partial charge in [0, 0.05) is 28.7 Å². The average molecular weight is 210 g/mol. The summed E-state index contributed by atoms with van der Waals surface area (Å²) in [6.07, 6.45) is 4.09. The maximum Gasteiger partial charge on any atom is 0.144 e. The van der Waals surface area contributed by atoms with Crippen LogP contribution in [0.1, 0.15) is 25.5 Å². The van der Waals surface area contributed by atoms with E-state index in [1.54, 1.807) is 18.3 Å². The molecule has 2 nitrogen and oxygen atoms in total.